The van der Waals surface area contributed by atoms with Crippen LogP contribution in [0.15, 0.2) is 42.5 Å². The van der Waals surface area contributed by atoms with Crippen LogP contribution in [0, 0.1) is 0 Å². The molecule has 2 aromatic rings. The third-order valence-corrected chi connectivity index (χ3v) is 24.2. The molecule has 278 valence electrons. The Hall–Kier alpha value is -1.41. The van der Waals surface area contributed by atoms with Gasteiger partial charge in [0, 0.05) is 5.04 Å². The molecule has 0 spiro atoms. The van der Waals surface area contributed by atoms with E-state index in [2.05, 4.69) is 114 Å². The summed E-state index contributed by atoms with van der Waals surface area (Å²) in [5.74, 6) is 0. The fourth-order valence-corrected chi connectivity index (χ4v) is 21.0. The summed E-state index contributed by atoms with van der Waals surface area (Å²) in [6.45, 7) is 30.2. The van der Waals surface area contributed by atoms with Crippen LogP contribution in [0.25, 0.3) is 0 Å². The number of aliphatic hydroxyl groups is 4. The van der Waals surface area contributed by atoms with Crippen molar-refractivity contribution in [3.63, 3.8) is 0 Å². The number of ether oxygens (including phenoxy) is 1. The molecule has 3 rings (SSSR count). The first kappa shape index (κ1) is 42.0. The van der Waals surface area contributed by atoms with Gasteiger partial charge in [0.15, 0.2) is 0 Å². The van der Waals surface area contributed by atoms with E-state index in [-0.39, 0.29) is 5.04 Å². The number of hydrogen-bond donors (Lipinski definition) is 4. The SMILES string of the molecule is CCc1ccc(C(C)(C)[Si](OCc2cc([C@@H]3O[C@H](CO)[C@@H](O)[C@H](O)[C@H]3O)ccc2CO[Si](C(C)C)(C(C)C)C(C)C)(C(C)C)C(C)C)cc1. The van der Waals surface area contributed by atoms with Crippen LogP contribution < -0.4 is 0 Å². The lowest BCUT2D eigenvalue weighted by Crippen LogP contribution is -2.59. The summed E-state index contributed by atoms with van der Waals surface area (Å²) in [7, 11) is -4.78. The van der Waals surface area contributed by atoms with Crippen molar-refractivity contribution >= 4 is 16.6 Å². The Kier molecular flexibility index (Phi) is 14.5. The van der Waals surface area contributed by atoms with Gasteiger partial charge < -0.3 is 34.0 Å². The van der Waals surface area contributed by atoms with E-state index in [1.807, 2.05) is 18.2 Å². The molecule has 0 aliphatic carbocycles. The minimum Gasteiger partial charge on any atom is -0.412 e. The number of hydrogen-bond acceptors (Lipinski definition) is 7. The molecule has 0 saturated carbocycles. The minimum atomic E-state index is -2.59. The van der Waals surface area contributed by atoms with E-state index >= 15 is 0 Å². The topological polar surface area (TPSA) is 109 Å². The Morgan fingerprint density at radius 2 is 1.22 bits per heavy atom. The van der Waals surface area contributed by atoms with Gasteiger partial charge in [-0.1, -0.05) is 132 Å². The largest absolute Gasteiger partial charge is 0.412 e. The van der Waals surface area contributed by atoms with Crippen molar-refractivity contribution in [3.8, 4) is 0 Å². The molecule has 9 heteroatoms. The fraction of sp³-hybridized carbons (Fsp3) is 0.700. The van der Waals surface area contributed by atoms with Gasteiger partial charge in [-0.15, -0.1) is 0 Å². The van der Waals surface area contributed by atoms with Gasteiger partial charge in [0.2, 0.25) is 16.6 Å². The molecule has 0 aromatic heterocycles. The zero-order valence-corrected chi connectivity index (χ0v) is 34.7. The van der Waals surface area contributed by atoms with Crippen LogP contribution in [0.5, 0.6) is 0 Å². The van der Waals surface area contributed by atoms with Crippen LogP contribution in [0.1, 0.15) is 124 Å². The van der Waals surface area contributed by atoms with Crippen molar-refractivity contribution in [2.45, 2.75) is 173 Å². The number of aryl methyl sites for hydroxylation is 1. The normalized spacial score (nSPS) is 22.7. The zero-order valence-electron chi connectivity index (χ0n) is 32.7. The number of aliphatic hydroxyl groups excluding tert-OH is 4. The standard InChI is InChI=1S/C40H68O7Si2/c1-14-30-15-19-34(20-16-30)40(12,13)49(28(8)9,29(10)11)46-24-33-21-31(39-38(44)37(43)36(42)35(22-41)47-39)17-18-32(33)23-45-48(25(2)3,26(4)5)27(6)7/h15-21,25-29,35-39,41-44H,14,22-24H2,1-13H3/t35-,36-,37+,38-,39+/m1/s1. The molecule has 0 radical (unpaired) electrons. The minimum absolute atomic E-state index is 0.206. The average molecular weight is 717 g/mol. The summed E-state index contributed by atoms with van der Waals surface area (Å²) >= 11 is 0. The Morgan fingerprint density at radius 1 is 0.694 bits per heavy atom. The smallest absolute Gasteiger partial charge is 0.208 e. The maximum atomic E-state index is 11.0. The van der Waals surface area contributed by atoms with Gasteiger partial charge in [0.05, 0.1) is 19.8 Å². The summed E-state index contributed by atoms with van der Waals surface area (Å²) in [6, 6.07) is 15.0. The van der Waals surface area contributed by atoms with E-state index in [1.165, 1.54) is 11.1 Å². The van der Waals surface area contributed by atoms with Crippen LogP contribution in [0.3, 0.4) is 0 Å². The van der Waals surface area contributed by atoms with E-state index in [4.69, 9.17) is 13.6 Å². The van der Waals surface area contributed by atoms with Gasteiger partial charge in [-0.2, -0.15) is 0 Å². The van der Waals surface area contributed by atoms with E-state index in [0.29, 0.717) is 46.5 Å². The lowest BCUT2D eigenvalue weighted by molar-refractivity contribution is -0.231. The summed E-state index contributed by atoms with van der Waals surface area (Å²) in [6.07, 6.45) is -5.13. The second-order valence-electron chi connectivity index (χ2n) is 16.5. The molecule has 5 atom stereocenters. The molecule has 0 unspecified atom stereocenters. The summed E-state index contributed by atoms with van der Waals surface area (Å²) < 4.78 is 20.6. The lowest BCUT2D eigenvalue weighted by atomic mass is 9.90. The first-order valence-electron chi connectivity index (χ1n) is 18.6. The highest BCUT2D eigenvalue weighted by Crippen LogP contribution is 2.49. The summed E-state index contributed by atoms with van der Waals surface area (Å²) in [4.78, 5) is 0. The van der Waals surface area contributed by atoms with Crippen molar-refractivity contribution in [1.82, 2.24) is 0 Å². The molecule has 1 heterocycles. The van der Waals surface area contributed by atoms with Crippen LogP contribution in [-0.2, 0) is 38.3 Å². The van der Waals surface area contributed by atoms with Gasteiger partial charge >= 0.3 is 0 Å². The number of rotatable bonds is 16. The molecule has 1 saturated heterocycles. The molecule has 7 nitrogen and oxygen atoms in total. The van der Waals surface area contributed by atoms with E-state index in [9.17, 15) is 20.4 Å². The van der Waals surface area contributed by atoms with Gasteiger partial charge in [-0.05, 0) is 61.9 Å². The predicted molar refractivity (Wildman–Crippen MR) is 205 cm³/mol. The van der Waals surface area contributed by atoms with Gasteiger partial charge in [-0.25, -0.2) is 0 Å². The molecule has 1 aliphatic rings. The van der Waals surface area contributed by atoms with Crippen LogP contribution in [-0.4, -0.2) is 68.1 Å². The molecule has 4 N–H and O–H groups in total. The quantitative estimate of drug-likeness (QED) is 0.130. The molecular weight excluding hydrogens is 649 g/mol. The van der Waals surface area contributed by atoms with Crippen molar-refractivity contribution < 1.29 is 34.0 Å². The van der Waals surface area contributed by atoms with Crippen molar-refractivity contribution in [1.29, 1.82) is 0 Å². The molecular formula is C40H68O7Si2. The van der Waals surface area contributed by atoms with Crippen molar-refractivity contribution in [2.24, 2.45) is 0 Å². The van der Waals surface area contributed by atoms with Crippen LogP contribution in [0.4, 0.5) is 0 Å². The highest BCUT2D eigenvalue weighted by atomic mass is 28.4. The van der Waals surface area contributed by atoms with Crippen molar-refractivity contribution in [3.05, 3.63) is 70.3 Å². The molecule has 1 aliphatic heterocycles. The van der Waals surface area contributed by atoms with E-state index in [1.54, 1.807) is 0 Å². The zero-order chi connectivity index (χ0) is 37.1. The van der Waals surface area contributed by atoms with Crippen molar-refractivity contribution in [2.75, 3.05) is 6.61 Å². The first-order chi connectivity index (χ1) is 22.8. The molecule has 0 amide bonds. The molecule has 0 bridgehead atoms. The van der Waals surface area contributed by atoms with Crippen LogP contribution >= 0.6 is 0 Å². The van der Waals surface area contributed by atoms with E-state index in [0.717, 1.165) is 17.5 Å². The number of benzene rings is 2. The summed E-state index contributed by atoms with van der Waals surface area (Å²) in [5, 5.41) is 41.8. The van der Waals surface area contributed by atoms with Gasteiger partial charge in [0.1, 0.15) is 30.5 Å². The van der Waals surface area contributed by atoms with Crippen LogP contribution in [0.2, 0.25) is 27.7 Å². The molecule has 49 heavy (non-hydrogen) atoms. The summed E-state index contributed by atoms with van der Waals surface area (Å²) in [5.41, 5.74) is 7.19. The predicted octanol–water partition coefficient (Wildman–Crippen LogP) is 8.26. The first-order valence-corrected chi connectivity index (χ1v) is 22.8. The Bertz CT molecular complexity index is 1290. The molecule has 2 aromatic carbocycles. The lowest BCUT2D eigenvalue weighted by Gasteiger charge is -2.50. The average Bonchev–Trinajstić information content (AvgIpc) is 3.04. The highest BCUT2D eigenvalue weighted by Gasteiger charge is 2.55. The maximum Gasteiger partial charge on any atom is 0.208 e. The maximum absolute atomic E-state index is 11.0. The second-order valence-corrected chi connectivity index (χ2v) is 27.3. The third kappa shape index (κ3) is 8.15. The van der Waals surface area contributed by atoms with E-state index < -0.39 is 53.8 Å². The Balaban J connectivity index is 2.14. The second kappa shape index (κ2) is 16.9. The highest BCUT2D eigenvalue weighted by molar-refractivity contribution is 6.79. The fourth-order valence-electron chi connectivity index (χ4n) is 9.38. The third-order valence-electron chi connectivity index (χ3n) is 11.9. The monoisotopic (exact) mass is 716 g/mol. The van der Waals surface area contributed by atoms with Gasteiger partial charge in [-0.3, -0.25) is 0 Å². The molecule has 1 fully saturated rings. The van der Waals surface area contributed by atoms with Gasteiger partial charge in [0.25, 0.3) is 0 Å². The Morgan fingerprint density at radius 3 is 1.69 bits per heavy atom. The Labute approximate surface area is 299 Å².